The van der Waals surface area contributed by atoms with Crippen LogP contribution in [-0.2, 0) is 23.1 Å². The lowest BCUT2D eigenvalue weighted by Gasteiger charge is -2.04. The third-order valence-corrected chi connectivity index (χ3v) is 5.34. The molecule has 7 nitrogen and oxygen atoms in total. The van der Waals surface area contributed by atoms with Crippen LogP contribution in [0, 0.1) is 0 Å². The molecule has 116 valence electrons. The lowest BCUT2D eigenvalue weighted by molar-refractivity contribution is 0.542. The summed E-state index contributed by atoms with van der Waals surface area (Å²) >= 11 is 1.45. The van der Waals surface area contributed by atoms with E-state index < -0.39 is 10.0 Å². The van der Waals surface area contributed by atoms with Crippen LogP contribution in [0.1, 0.15) is 18.2 Å². The topological polar surface area (TPSA) is 88.9 Å². The van der Waals surface area contributed by atoms with Crippen LogP contribution < -0.4 is 10.0 Å². The van der Waals surface area contributed by atoms with Crippen LogP contribution in [0.4, 0.5) is 0 Å². The number of hydrogen-bond acceptors (Lipinski definition) is 6. The summed E-state index contributed by atoms with van der Waals surface area (Å²) in [7, 11) is -3.42. The fraction of sp³-hybridized carbons (Fsp3) is 0.500. The van der Waals surface area contributed by atoms with E-state index in [0.29, 0.717) is 31.0 Å². The van der Waals surface area contributed by atoms with Gasteiger partial charge in [-0.15, -0.1) is 16.4 Å². The zero-order chi connectivity index (χ0) is 15.1. The van der Waals surface area contributed by atoms with Crippen molar-refractivity contribution in [3.63, 3.8) is 0 Å². The lowest BCUT2D eigenvalue weighted by Crippen LogP contribution is -2.25. The second-order valence-corrected chi connectivity index (χ2v) is 7.21. The summed E-state index contributed by atoms with van der Waals surface area (Å²) in [6.45, 7) is 4.59. The normalized spacial score (nSPS) is 11.9. The number of sulfonamides is 1. The largest absolute Gasteiger partial charge is 0.312 e. The monoisotopic (exact) mass is 329 g/mol. The van der Waals surface area contributed by atoms with Gasteiger partial charge in [0.2, 0.25) is 10.0 Å². The Balaban J connectivity index is 1.82. The van der Waals surface area contributed by atoms with Crippen molar-refractivity contribution in [1.82, 2.24) is 25.0 Å². The molecule has 0 fully saturated rings. The second kappa shape index (κ2) is 7.64. The fourth-order valence-electron chi connectivity index (χ4n) is 1.73. The van der Waals surface area contributed by atoms with E-state index in [0.717, 1.165) is 11.4 Å². The molecule has 0 saturated heterocycles. The van der Waals surface area contributed by atoms with Gasteiger partial charge in [0.25, 0.3) is 0 Å². The van der Waals surface area contributed by atoms with E-state index in [4.69, 9.17) is 0 Å². The second-order valence-electron chi connectivity index (χ2n) is 4.45. The number of aromatic nitrogens is 3. The third-order valence-electron chi connectivity index (χ3n) is 2.82. The van der Waals surface area contributed by atoms with Crippen molar-refractivity contribution in [1.29, 1.82) is 0 Å². The van der Waals surface area contributed by atoms with E-state index in [1.807, 2.05) is 6.92 Å². The summed E-state index contributed by atoms with van der Waals surface area (Å²) < 4.78 is 28.5. The van der Waals surface area contributed by atoms with Gasteiger partial charge in [-0.05, 0) is 19.0 Å². The first-order valence-corrected chi connectivity index (χ1v) is 9.10. The van der Waals surface area contributed by atoms with Gasteiger partial charge in [-0.1, -0.05) is 12.1 Å². The molecule has 0 aliphatic rings. The molecule has 2 aromatic rings. The molecule has 2 aromatic heterocycles. The van der Waals surface area contributed by atoms with Crippen molar-refractivity contribution in [2.75, 3.05) is 13.1 Å². The fourth-order valence-corrected chi connectivity index (χ4v) is 4.04. The van der Waals surface area contributed by atoms with Crippen molar-refractivity contribution >= 4 is 21.4 Å². The summed E-state index contributed by atoms with van der Waals surface area (Å²) in [6, 6.07) is 1.72. The van der Waals surface area contributed by atoms with E-state index in [1.165, 1.54) is 11.3 Å². The van der Waals surface area contributed by atoms with E-state index in [9.17, 15) is 8.42 Å². The molecule has 2 heterocycles. The Bertz CT molecular complexity index is 636. The third kappa shape index (κ3) is 4.88. The van der Waals surface area contributed by atoms with E-state index >= 15 is 0 Å². The van der Waals surface area contributed by atoms with E-state index in [1.54, 1.807) is 28.5 Å². The van der Waals surface area contributed by atoms with Gasteiger partial charge >= 0.3 is 0 Å². The summed E-state index contributed by atoms with van der Waals surface area (Å²) in [5, 5.41) is 12.4. The van der Waals surface area contributed by atoms with Gasteiger partial charge < -0.3 is 5.32 Å². The Morgan fingerprint density at radius 3 is 3.00 bits per heavy atom. The van der Waals surface area contributed by atoms with Gasteiger partial charge in [0, 0.05) is 36.1 Å². The number of hydrogen-bond donors (Lipinski definition) is 2. The lowest BCUT2D eigenvalue weighted by atomic mass is 10.4. The molecule has 0 radical (unpaired) electrons. The van der Waals surface area contributed by atoms with Crippen LogP contribution in [0.2, 0.25) is 0 Å². The highest BCUT2D eigenvalue weighted by atomic mass is 32.2. The molecule has 0 amide bonds. The first-order chi connectivity index (χ1) is 10.1. The van der Waals surface area contributed by atoms with Gasteiger partial charge in [0.1, 0.15) is 0 Å². The number of nitrogens with zero attached hydrogens (tertiary/aromatic N) is 3. The molecule has 2 N–H and O–H groups in total. The minimum absolute atomic E-state index is 0.334. The summed E-state index contributed by atoms with van der Waals surface area (Å²) in [6.07, 6.45) is 4.01. The van der Waals surface area contributed by atoms with Gasteiger partial charge in [-0.3, -0.25) is 4.68 Å². The number of nitrogens with one attached hydrogen (secondary N) is 2. The van der Waals surface area contributed by atoms with Crippen LogP contribution >= 0.6 is 11.3 Å². The highest BCUT2D eigenvalue weighted by Crippen LogP contribution is 2.18. The minimum atomic E-state index is -3.42. The van der Waals surface area contributed by atoms with Crippen molar-refractivity contribution in [3.05, 3.63) is 28.7 Å². The molecule has 0 aliphatic heterocycles. The quantitative estimate of drug-likeness (QED) is 0.665. The van der Waals surface area contributed by atoms with Gasteiger partial charge in [0.05, 0.1) is 11.1 Å². The molecule has 9 heteroatoms. The first-order valence-electron chi connectivity index (χ1n) is 6.73. The molecule has 0 aromatic carbocycles. The number of rotatable bonds is 9. The number of aryl methyl sites for hydroxylation is 1. The Morgan fingerprint density at radius 1 is 1.43 bits per heavy atom. The molecule has 0 saturated carbocycles. The molecule has 0 aliphatic carbocycles. The first kappa shape index (κ1) is 16.1. The summed E-state index contributed by atoms with van der Waals surface area (Å²) in [5.41, 5.74) is 0. The summed E-state index contributed by atoms with van der Waals surface area (Å²) in [4.78, 5) is 1.35. The highest BCUT2D eigenvalue weighted by Gasteiger charge is 2.15. The Morgan fingerprint density at radius 2 is 2.29 bits per heavy atom. The van der Waals surface area contributed by atoms with Crippen LogP contribution in [0.25, 0.3) is 0 Å². The van der Waals surface area contributed by atoms with Crippen molar-refractivity contribution in [2.24, 2.45) is 0 Å². The molecule has 2 rings (SSSR count). The van der Waals surface area contributed by atoms with Crippen LogP contribution in [0.15, 0.2) is 28.7 Å². The molecule has 0 spiro atoms. The SMILES string of the molecule is CCNCc1cc(S(=O)(=O)NCCCn2ccnn2)cs1. The van der Waals surface area contributed by atoms with E-state index in [2.05, 4.69) is 20.4 Å². The molecular formula is C12H19N5O2S2. The molecule has 0 unspecified atom stereocenters. The average molecular weight is 329 g/mol. The van der Waals surface area contributed by atoms with Crippen molar-refractivity contribution in [2.45, 2.75) is 31.3 Å². The van der Waals surface area contributed by atoms with Gasteiger partial charge in [-0.2, -0.15) is 0 Å². The summed E-state index contributed by atoms with van der Waals surface area (Å²) in [5.74, 6) is 0. The zero-order valence-corrected chi connectivity index (χ0v) is 13.5. The van der Waals surface area contributed by atoms with Gasteiger partial charge in [-0.25, -0.2) is 13.1 Å². The van der Waals surface area contributed by atoms with Gasteiger partial charge in [0.15, 0.2) is 0 Å². The zero-order valence-electron chi connectivity index (χ0n) is 11.8. The van der Waals surface area contributed by atoms with Crippen molar-refractivity contribution in [3.8, 4) is 0 Å². The Kier molecular flexibility index (Phi) is 5.85. The predicted octanol–water partition coefficient (Wildman–Crippen LogP) is 0.818. The van der Waals surface area contributed by atoms with Crippen molar-refractivity contribution < 1.29 is 8.42 Å². The standard InChI is InChI=1S/C12H19N5O2S2/c1-2-13-9-11-8-12(10-20-11)21(18,19)15-4-3-6-17-7-5-14-16-17/h5,7-8,10,13,15H,2-4,6,9H2,1H3. The maximum Gasteiger partial charge on any atom is 0.241 e. The minimum Gasteiger partial charge on any atom is -0.312 e. The smallest absolute Gasteiger partial charge is 0.241 e. The predicted molar refractivity (Wildman–Crippen MR) is 81.5 cm³/mol. The van der Waals surface area contributed by atoms with Crippen LogP contribution in [-0.4, -0.2) is 36.5 Å². The molecular weight excluding hydrogens is 310 g/mol. The van der Waals surface area contributed by atoms with E-state index in [-0.39, 0.29) is 0 Å². The highest BCUT2D eigenvalue weighted by molar-refractivity contribution is 7.89. The molecule has 0 atom stereocenters. The Labute approximate surface area is 128 Å². The number of thiophene rings is 1. The average Bonchev–Trinajstić information content (AvgIpc) is 3.13. The maximum atomic E-state index is 12.1. The maximum absolute atomic E-state index is 12.1. The molecule has 0 bridgehead atoms. The molecule has 21 heavy (non-hydrogen) atoms. The van der Waals surface area contributed by atoms with Crippen LogP contribution in [0.5, 0.6) is 0 Å². The Hall–Kier alpha value is -1.29. The van der Waals surface area contributed by atoms with Crippen LogP contribution in [0.3, 0.4) is 0 Å².